The summed E-state index contributed by atoms with van der Waals surface area (Å²) in [6.45, 7) is 3.76. The summed E-state index contributed by atoms with van der Waals surface area (Å²) in [7, 11) is 0. The molecule has 92 valence electrons. The van der Waals surface area contributed by atoms with Gasteiger partial charge in [-0.15, -0.1) is 0 Å². The number of carbonyl (C=O) groups is 2. The van der Waals surface area contributed by atoms with Gasteiger partial charge in [0.1, 0.15) is 0 Å². The molecule has 16 heavy (non-hydrogen) atoms. The lowest BCUT2D eigenvalue weighted by Gasteiger charge is -2.27. The van der Waals surface area contributed by atoms with Crippen LogP contribution in [0, 0.1) is 5.41 Å². The van der Waals surface area contributed by atoms with Crippen molar-refractivity contribution in [2.75, 3.05) is 0 Å². The Hall–Kier alpha value is -1.06. The number of carboxylic acids is 1. The molecule has 0 spiro atoms. The molecule has 0 aromatic heterocycles. The highest BCUT2D eigenvalue weighted by Crippen LogP contribution is 2.38. The molecule has 0 aromatic rings. The predicted octanol–water partition coefficient (Wildman–Crippen LogP) is 1.94. The van der Waals surface area contributed by atoms with Crippen LogP contribution in [0.5, 0.6) is 0 Å². The van der Waals surface area contributed by atoms with E-state index in [2.05, 4.69) is 5.32 Å². The highest BCUT2D eigenvalue weighted by Gasteiger charge is 2.45. The van der Waals surface area contributed by atoms with Crippen LogP contribution >= 0.6 is 0 Å². The van der Waals surface area contributed by atoms with E-state index in [9.17, 15) is 14.7 Å². The minimum atomic E-state index is -0.800. The second-order valence-corrected chi connectivity index (χ2v) is 4.84. The number of hydrogen-bond donors (Lipinski definition) is 2. The fourth-order valence-corrected chi connectivity index (χ4v) is 2.26. The van der Waals surface area contributed by atoms with E-state index >= 15 is 0 Å². The Morgan fingerprint density at radius 1 is 1.50 bits per heavy atom. The Bertz CT molecular complexity index is 277. The number of aliphatic carboxylic acids is 1. The molecule has 0 heterocycles. The van der Waals surface area contributed by atoms with Gasteiger partial charge in [0.25, 0.3) is 0 Å². The topological polar surface area (TPSA) is 66.4 Å². The van der Waals surface area contributed by atoms with Crippen molar-refractivity contribution in [3.63, 3.8) is 0 Å². The Kier molecular flexibility index (Phi) is 4.33. The molecule has 2 N–H and O–H groups in total. The molecule has 2 unspecified atom stereocenters. The van der Waals surface area contributed by atoms with E-state index in [0.717, 1.165) is 25.7 Å². The van der Waals surface area contributed by atoms with Gasteiger partial charge in [0.15, 0.2) is 0 Å². The first-order chi connectivity index (χ1) is 7.50. The molecule has 1 aliphatic rings. The quantitative estimate of drug-likeness (QED) is 0.754. The minimum Gasteiger partial charge on any atom is -0.481 e. The summed E-state index contributed by atoms with van der Waals surface area (Å²) >= 11 is 0. The molecule has 4 heteroatoms. The van der Waals surface area contributed by atoms with Gasteiger partial charge < -0.3 is 10.4 Å². The molecule has 1 rings (SSSR count). The average Bonchev–Trinajstić information content (AvgIpc) is 2.59. The number of nitrogens with one attached hydrogen (secondary N) is 1. The Morgan fingerprint density at radius 3 is 2.75 bits per heavy atom. The van der Waals surface area contributed by atoms with E-state index in [1.807, 2.05) is 6.92 Å². The zero-order chi connectivity index (χ0) is 12.2. The van der Waals surface area contributed by atoms with Crippen molar-refractivity contribution in [2.24, 2.45) is 5.41 Å². The molecule has 2 atom stereocenters. The van der Waals surface area contributed by atoms with Gasteiger partial charge in [0, 0.05) is 12.5 Å². The van der Waals surface area contributed by atoms with Crippen molar-refractivity contribution >= 4 is 11.9 Å². The lowest BCUT2D eigenvalue weighted by Crippen LogP contribution is -2.46. The number of rotatable bonds is 5. The number of unbranched alkanes of at least 4 members (excludes halogenated alkanes) is 1. The fraction of sp³-hybridized carbons (Fsp3) is 0.833. The third kappa shape index (κ3) is 2.74. The first-order valence-corrected chi connectivity index (χ1v) is 6.03. The molecular formula is C12H21NO3. The van der Waals surface area contributed by atoms with E-state index in [4.69, 9.17) is 0 Å². The summed E-state index contributed by atoms with van der Waals surface area (Å²) in [5, 5.41) is 12.0. The molecule has 0 aromatic carbocycles. The summed E-state index contributed by atoms with van der Waals surface area (Å²) < 4.78 is 0. The maximum atomic E-state index is 11.6. The third-order valence-corrected chi connectivity index (χ3v) is 3.54. The monoisotopic (exact) mass is 227 g/mol. The number of hydrogen-bond acceptors (Lipinski definition) is 2. The maximum absolute atomic E-state index is 11.6. The zero-order valence-corrected chi connectivity index (χ0v) is 10.1. The van der Waals surface area contributed by atoms with E-state index < -0.39 is 11.4 Å². The first kappa shape index (κ1) is 13.0. The van der Waals surface area contributed by atoms with Crippen LogP contribution in [0.2, 0.25) is 0 Å². The Balaban J connectivity index is 2.53. The van der Waals surface area contributed by atoms with E-state index in [0.29, 0.717) is 12.8 Å². The molecule has 1 fully saturated rings. The summed E-state index contributed by atoms with van der Waals surface area (Å²) in [6, 6.07) is -0.200. The third-order valence-electron chi connectivity index (χ3n) is 3.54. The molecule has 0 radical (unpaired) electrons. The highest BCUT2D eigenvalue weighted by atomic mass is 16.4. The standard InChI is InChI=1S/C12H21NO3/c1-3-4-7-10(14)13-9-6-5-8-12(9,2)11(15)16/h9H,3-8H2,1-2H3,(H,13,14)(H,15,16). The maximum Gasteiger partial charge on any atom is 0.311 e. The lowest BCUT2D eigenvalue weighted by molar-refractivity contribution is -0.149. The van der Waals surface area contributed by atoms with Gasteiger partial charge in [0.2, 0.25) is 5.91 Å². The summed E-state index contributed by atoms with van der Waals surface area (Å²) in [4.78, 5) is 22.7. The largest absolute Gasteiger partial charge is 0.481 e. The summed E-state index contributed by atoms with van der Waals surface area (Å²) in [6.07, 6.45) is 4.66. The first-order valence-electron chi connectivity index (χ1n) is 6.03. The van der Waals surface area contributed by atoms with Gasteiger partial charge in [-0.3, -0.25) is 9.59 Å². The molecule has 1 saturated carbocycles. The molecular weight excluding hydrogens is 206 g/mol. The van der Waals surface area contributed by atoms with Crippen molar-refractivity contribution in [2.45, 2.75) is 58.4 Å². The van der Waals surface area contributed by atoms with Gasteiger partial charge in [-0.2, -0.15) is 0 Å². The van der Waals surface area contributed by atoms with Crippen molar-refractivity contribution in [3.8, 4) is 0 Å². The van der Waals surface area contributed by atoms with Crippen LogP contribution < -0.4 is 5.32 Å². The molecule has 0 aliphatic heterocycles. The van der Waals surface area contributed by atoms with Crippen molar-refractivity contribution < 1.29 is 14.7 Å². The number of carboxylic acid groups (broad SMARTS) is 1. The van der Waals surface area contributed by atoms with Crippen LogP contribution in [-0.2, 0) is 9.59 Å². The van der Waals surface area contributed by atoms with Crippen molar-refractivity contribution in [1.82, 2.24) is 5.32 Å². The van der Waals surface area contributed by atoms with Crippen molar-refractivity contribution in [1.29, 1.82) is 0 Å². The SMILES string of the molecule is CCCCC(=O)NC1CCCC1(C)C(=O)O. The van der Waals surface area contributed by atoms with Crippen LogP contribution in [-0.4, -0.2) is 23.0 Å². The van der Waals surface area contributed by atoms with Gasteiger partial charge >= 0.3 is 5.97 Å². The van der Waals surface area contributed by atoms with E-state index in [1.54, 1.807) is 6.92 Å². The molecule has 1 amide bonds. The number of carbonyl (C=O) groups excluding carboxylic acids is 1. The molecule has 0 bridgehead atoms. The van der Waals surface area contributed by atoms with Crippen LogP contribution in [0.15, 0.2) is 0 Å². The van der Waals surface area contributed by atoms with Gasteiger partial charge in [0.05, 0.1) is 5.41 Å². The van der Waals surface area contributed by atoms with Gasteiger partial charge in [-0.25, -0.2) is 0 Å². The van der Waals surface area contributed by atoms with Gasteiger partial charge in [-0.05, 0) is 26.2 Å². The van der Waals surface area contributed by atoms with E-state index in [1.165, 1.54) is 0 Å². The predicted molar refractivity (Wildman–Crippen MR) is 61.0 cm³/mol. The lowest BCUT2D eigenvalue weighted by atomic mass is 9.85. The van der Waals surface area contributed by atoms with E-state index in [-0.39, 0.29) is 11.9 Å². The Morgan fingerprint density at radius 2 is 2.19 bits per heavy atom. The fourth-order valence-electron chi connectivity index (χ4n) is 2.26. The molecule has 0 saturated heterocycles. The van der Waals surface area contributed by atoms with Gasteiger partial charge in [-0.1, -0.05) is 19.8 Å². The van der Waals surface area contributed by atoms with Crippen molar-refractivity contribution in [3.05, 3.63) is 0 Å². The highest BCUT2D eigenvalue weighted by molar-refractivity contribution is 5.80. The van der Waals surface area contributed by atoms with Crippen LogP contribution in [0.25, 0.3) is 0 Å². The van der Waals surface area contributed by atoms with Crippen LogP contribution in [0.1, 0.15) is 52.4 Å². The second-order valence-electron chi connectivity index (χ2n) is 4.84. The average molecular weight is 227 g/mol. The second kappa shape index (κ2) is 5.32. The van der Waals surface area contributed by atoms with Crippen LogP contribution in [0.3, 0.4) is 0 Å². The van der Waals surface area contributed by atoms with Crippen LogP contribution in [0.4, 0.5) is 0 Å². The smallest absolute Gasteiger partial charge is 0.311 e. The molecule has 4 nitrogen and oxygen atoms in total. The molecule has 1 aliphatic carbocycles. The normalized spacial score (nSPS) is 29.0. The Labute approximate surface area is 96.4 Å². The zero-order valence-electron chi connectivity index (χ0n) is 10.1. The summed E-state index contributed by atoms with van der Waals surface area (Å²) in [5.41, 5.74) is -0.776. The minimum absolute atomic E-state index is 0.0128. The summed E-state index contributed by atoms with van der Waals surface area (Å²) in [5.74, 6) is -0.813. The number of amides is 1.